The summed E-state index contributed by atoms with van der Waals surface area (Å²) in [7, 11) is 0. The fourth-order valence-electron chi connectivity index (χ4n) is 2.87. The molecule has 2 saturated heterocycles. The Morgan fingerprint density at radius 2 is 2.21 bits per heavy atom. The zero-order chi connectivity index (χ0) is 13.1. The maximum Gasteiger partial charge on any atom is 0.318 e. The molecule has 0 spiro atoms. The molecule has 2 unspecified atom stereocenters. The van der Waals surface area contributed by atoms with Crippen molar-refractivity contribution in [2.24, 2.45) is 5.92 Å². The summed E-state index contributed by atoms with van der Waals surface area (Å²) >= 11 is 0. The Hall–Kier alpha value is -1.62. The van der Waals surface area contributed by atoms with Crippen LogP contribution in [0.15, 0.2) is 24.5 Å². The van der Waals surface area contributed by atoms with Gasteiger partial charge in [-0.15, -0.1) is 0 Å². The topological polar surface area (TPSA) is 57.3 Å². The molecule has 1 aromatic heterocycles. The van der Waals surface area contributed by atoms with Gasteiger partial charge in [-0.3, -0.25) is 4.98 Å². The smallest absolute Gasteiger partial charge is 0.318 e. The minimum absolute atomic E-state index is 0.0627. The van der Waals surface area contributed by atoms with Crippen molar-refractivity contribution in [2.75, 3.05) is 26.2 Å². The Morgan fingerprint density at radius 3 is 2.95 bits per heavy atom. The van der Waals surface area contributed by atoms with E-state index in [1.165, 1.54) is 6.42 Å². The molecular formula is C14H20N4O. The number of carbonyl (C=O) groups is 1. The van der Waals surface area contributed by atoms with Crippen molar-refractivity contribution in [2.45, 2.75) is 18.9 Å². The highest BCUT2D eigenvalue weighted by atomic mass is 16.2. The lowest BCUT2D eigenvalue weighted by Gasteiger charge is -2.17. The van der Waals surface area contributed by atoms with Crippen LogP contribution in [0, 0.1) is 5.92 Å². The van der Waals surface area contributed by atoms with Crippen LogP contribution < -0.4 is 10.6 Å². The number of amides is 2. The second-order valence-corrected chi connectivity index (χ2v) is 5.38. The number of urea groups is 1. The monoisotopic (exact) mass is 260 g/mol. The highest BCUT2D eigenvalue weighted by molar-refractivity contribution is 5.77. The van der Waals surface area contributed by atoms with Crippen LogP contribution in [-0.4, -0.2) is 42.1 Å². The van der Waals surface area contributed by atoms with E-state index in [9.17, 15) is 4.79 Å². The van der Waals surface area contributed by atoms with Gasteiger partial charge in [0, 0.05) is 25.5 Å². The number of nitrogens with zero attached hydrogens (tertiary/aromatic N) is 2. The van der Waals surface area contributed by atoms with Gasteiger partial charge in [-0.1, -0.05) is 0 Å². The SMILES string of the molecule is O=C1NC(c2ccncc2)CN1CCC1CCNC1. The first-order valence-electron chi connectivity index (χ1n) is 6.99. The molecule has 102 valence electrons. The van der Waals surface area contributed by atoms with Crippen LogP contribution in [0.25, 0.3) is 0 Å². The molecule has 2 amide bonds. The van der Waals surface area contributed by atoms with Crippen LogP contribution >= 0.6 is 0 Å². The van der Waals surface area contributed by atoms with Crippen LogP contribution in [0.4, 0.5) is 4.79 Å². The summed E-state index contributed by atoms with van der Waals surface area (Å²) in [4.78, 5) is 17.9. The molecule has 0 bridgehead atoms. The van der Waals surface area contributed by atoms with Gasteiger partial charge in [0.15, 0.2) is 0 Å². The van der Waals surface area contributed by atoms with Crippen molar-refractivity contribution in [3.63, 3.8) is 0 Å². The molecule has 5 nitrogen and oxygen atoms in total. The van der Waals surface area contributed by atoms with Gasteiger partial charge in [0.05, 0.1) is 6.04 Å². The average Bonchev–Trinajstić information content (AvgIpc) is 3.07. The summed E-state index contributed by atoms with van der Waals surface area (Å²) in [6.45, 7) is 3.85. The molecule has 2 N–H and O–H groups in total. The molecular weight excluding hydrogens is 240 g/mol. The third-order valence-electron chi connectivity index (χ3n) is 4.07. The van der Waals surface area contributed by atoms with E-state index in [1.54, 1.807) is 12.4 Å². The Morgan fingerprint density at radius 1 is 1.37 bits per heavy atom. The zero-order valence-corrected chi connectivity index (χ0v) is 11.0. The predicted octanol–water partition coefficient (Wildman–Crippen LogP) is 1.15. The van der Waals surface area contributed by atoms with Crippen molar-refractivity contribution in [1.82, 2.24) is 20.5 Å². The van der Waals surface area contributed by atoms with Gasteiger partial charge < -0.3 is 15.5 Å². The fraction of sp³-hybridized carbons (Fsp3) is 0.571. The first kappa shape index (κ1) is 12.4. The van der Waals surface area contributed by atoms with Crippen LogP contribution in [0.3, 0.4) is 0 Å². The van der Waals surface area contributed by atoms with E-state index >= 15 is 0 Å². The van der Waals surface area contributed by atoms with Gasteiger partial charge in [-0.25, -0.2) is 4.79 Å². The third kappa shape index (κ3) is 2.87. The van der Waals surface area contributed by atoms with E-state index < -0.39 is 0 Å². The minimum atomic E-state index is 0.0627. The summed E-state index contributed by atoms with van der Waals surface area (Å²) in [6.07, 6.45) is 5.88. The number of rotatable bonds is 4. The molecule has 3 heterocycles. The molecule has 0 aliphatic carbocycles. The van der Waals surface area contributed by atoms with E-state index in [2.05, 4.69) is 15.6 Å². The van der Waals surface area contributed by atoms with E-state index in [1.807, 2.05) is 17.0 Å². The van der Waals surface area contributed by atoms with Gasteiger partial charge in [0.2, 0.25) is 0 Å². The molecule has 0 aromatic carbocycles. The molecule has 3 rings (SSSR count). The van der Waals surface area contributed by atoms with E-state index in [-0.39, 0.29) is 12.1 Å². The summed E-state index contributed by atoms with van der Waals surface area (Å²) in [5.41, 5.74) is 1.13. The van der Waals surface area contributed by atoms with Crippen LogP contribution in [0.2, 0.25) is 0 Å². The van der Waals surface area contributed by atoms with Crippen LogP contribution in [0.1, 0.15) is 24.4 Å². The largest absolute Gasteiger partial charge is 0.329 e. The molecule has 2 aliphatic heterocycles. The van der Waals surface area contributed by atoms with Gasteiger partial charge in [-0.2, -0.15) is 0 Å². The maximum atomic E-state index is 11.9. The van der Waals surface area contributed by atoms with E-state index in [0.29, 0.717) is 0 Å². The molecule has 2 fully saturated rings. The fourth-order valence-corrected chi connectivity index (χ4v) is 2.87. The first-order valence-corrected chi connectivity index (χ1v) is 6.99. The zero-order valence-electron chi connectivity index (χ0n) is 11.0. The number of aromatic nitrogens is 1. The number of hydrogen-bond acceptors (Lipinski definition) is 3. The molecule has 1 aromatic rings. The quantitative estimate of drug-likeness (QED) is 0.854. The summed E-state index contributed by atoms with van der Waals surface area (Å²) in [6, 6.07) is 4.11. The highest BCUT2D eigenvalue weighted by Gasteiger charge is 2.30. The Bertz CT molecular complexity index is 430. The van der Waals surface area contributed by atoms with Gasteiger partial charge in [-0.05, 0) is 49.5 Å². The molecule has 19 heavy (non-hydrogen) atoms. The molecule has 5 heteroatoms. The second-order valence-electron chi connectivity index (χ2n) is 5.38. The van der Waals surface area contributed by atoms with Crippen molar-refractivity contribution < 1.29 is 4.79 Å². The van der Waals surface area contributed by atoms with E-state index in [4.69, 9.17) is 0 Å². The maximum absolute atomic E-state index is 11.9. The number of pyridine rings is 1. The summed E-state index contributed by atoms with van der Waals surface area (Å²) < 4.78 is 0. The lowest BCUT2D eigenvalue weighted by atomic mass is 10.0. The van der Waals surface area contributed by atoms with Crippen molar-refractivity contribution in [3.05, 3.63) is 30.1 Å². The van der Waals surface area contributed by atoms with Gasteiger partial charge in [0.25, 0.3) is 0 Å². The first-order chi connectivity index (χ1) is 9.33. The molecule has 2 atom stereocenters. The lowest BCUT2D eigenvalue weighted by molar-refractivity contribution is 0.214. The van der Waals surface area contributed by atoms with Crippen LogP contribution in [0.5, 0.6) is 0 Å². The Kier molecular flexibility index (Phi) is 3.64. The van der Waals surface area contributed by atoms with Crippen LogP contribution in [-0.2, 0) is 0 Å². The Labute approximate surface area is 113 Å². The van der Waals surface area contributed by atoms with Crippen molar-refractivity contribution in [3.8, 4) is 0 Å². The number of nitrogens with one attached hydrogen (secondary N) is 2. The lowest BCUT2D eigenvalue weighted by Crippen LogP contribution is -2.30. The third-order valence-corrected chi connectivity index (χ3v) is 4.07. The normalized spacial score (nSPS) is 26.7. The van der Waals surface area contributed by atoms with Crippen molar-refractivity contribution >= 4 is 6.03 Å². The van der Waals surface area contributed by atoms with Crippen molar-refractivity contribution in [1.29, 1.82) is 0 Å². The Balaban J connectivity index is 1.54. The highest BCUT2D eigenvalue weighted by Crippen LogP contribution is 2.21. The second kappa shape index (κ2) is 5.57. The number of hydrogen-bond donors (Lipinski definition) is 2. The molecule has 0 saturated carbocycles. The predicted molar refractivity (Wildman–Crippen MR) is 72.7 cm³/mol. The van der Waals surface area contributed by atoms with Gasteiger partial charge >= 0.3 is 6.03 Å². The van der Waals surface area contributed by atoms with E-state index in [0.717, 1.165) is 44.1 Å². The molecule has 0 radical (unpaired) electrons. The summed E-state index contributed by atoms with van der Waals surface area (Å²) in [5, 5.41) is 6.41. The average molecular weight is 260 g/mol. The van der Waals surface area contributed by atoms with Gasteiger partial charge in [0.1, 0.15) is 0 Å². The molecule has 2 aliphatic rings. The summed E-state index contributed by atoms with van der Waals surface area (Å²) in [5.74, 6) is 0.729. The standard InChI is InChI=1S/C14H20N4O/c19-14-17-13(12-2-6-15-7-3-12)10-18(14)8-4-11-1-5-16-9-11/h2-3,6-7,11,13,16H,1,4-5,8-10H2,(H,17,19). The number of carbonyl (C=O) groups excluding carboxylic acids is 1. The minimum Gasteiger partial charge on any atom is -0.329 e.